The van der Waals surface area contributed by atoms with Crippen LogP contribution < -0.4 is 15.8 Å². The van der Waals surface area contributed by atoms with Crippen LogP contribution in [-0.4, -0.2) is 17.4 Å². The summed E-state index contributed by atoms with van der Waals surface area (Å²) >= 11 is 0. The van der Waals surface area contributed by atoms with Crippen molar-refractivity contribution in [2.45, 2.75) is 32.1 Å². The highest BCUT2D eigenvalue weighted by atomic mass is 16.5. The molecule has 0 aliphatic carbocycles. The molecule has 0 aliphatic rings. The highest BCUT2D eigenvalue weighted by Gasteiger charge is 2.08. The molecule has 0 fully saturated rings. The minimum atomic E-state index is -0.0244. The highest BCUT2D eigenvalue weighted by Crippen LogP contribution is 2.28. The number of amides is 1. The van der Waals surface area contributed by atoms with Gasteiger partial charge in [0.05, 0.1) is 6.20 Å². The Bertz CT molecular complexity index is 602. The van der Waals surface area contributed by atoms with Crippen molar-refractivity contribution in [3.05, 3.63) is 48.8 Å². The van der Waals surface area contributed by atoms with Gasteiger partial charge in [-0.15, -0.1) is 0 Å². The van der Waals surface area contributed by atoms with Crippen molar-refractivity contribution >= 4 is 11.6 Å². The van der Waals surface area contributed by atoms with Gasteiger partial charge in [0.25, 0.3) is 0 Å². The Morgan fingerprint density at radius 2 is 1.87 bits per heavy atom. The van der Waals surface area contributed by atoms with Crippen LogP contribution in [0.5, 0.6) is 11.5 Å². The van der Waals surface area contributed by atoms with Crippen molar-refractivity contribution in [2.24, 2.45) is 5.73 Å². The number of hydrogen-bond donors (Lipinski definition) is 2. The molecule has 0 saturated carbocycles. The molecule has 0 spiro atoms. The van der Waals surface area contributed by atoms with Crippen LogP contribution in [0.2, 0.25) is 0 Å². The number of aromatic nitrogens is 1. The smallest absolute Gasteiger partial charge is 0.224 e. The number of carbonyl (C=O) groups excluding carboxylic acids is 1. The first kappa shape index (κ1) is 17.0. The summed E-state index contributed by atoms with van der Waals surface area (Å²) in [6, 6.07) is 11.2. The number of rotatable bonds is 9. The Morgan fingerprint density at radius 3 is 2.65 bits per heavy atom. The SMILES string of the molecule is NCCCCCCC(=O)Nc1cnccc1Oc1ccccc1. The molecular weight excluding hydrogens is 290 g/mol. The average Bonchev–Trinajstić information content (AvgIpc) is 2.57. The third-order valence-corrected chi connectivity index (χ3v) is 3.38. The monoisotopic (exact) mass is 313 g/mol. The van der Waals surface area contributed by atoms with Gasteiger partial charge in [0.15, 0.2) is 5.75 Å². The number of nitrogens with two attached hydrogens (primary N) is 1. The molecule has 0 bridgehead atoms. The van der Waals surface area contributed by atoms with E-state index in [9.17, 15) is 4.79 Å². The maximum atomic E-state index is 12.0. The molecule has 1 heterocycles. The molecule has 2 aromatic rings. The van der Waals surface area contributed by atoms with Crippen LogP contribution >= 0.6 is 0 Å². The summed E-state index contributed by atoms with van der Waals surface area (Å²) in [6.45, 7) is 0.710. The van der Waals surface area contributed by atoms with Crippen LogP contribution in [0.4, 0.5) is 5.69 Å². The molecule has 3 N–H and O–H groups in total. The van der Waals surface area contributed by atoms with Gasteiger partial charge in [-0.3, -0.25) is 9.78 Å². The van der Waals surface area contributed by atoms with Crippen LogP contribution in [0.1, 0.15) is 32.1 Å². The third-order valence-electron chi connectivity index (χ3n) is 3.38. The number of nitrogens with zero attached hydrogens (tertiary/aromatic N) is 1. The van der Waals surface area contributed by atoms with Gasteiger partial charge in [0.2, 0.25) is 5.91 Å². The summed E-state index contributed by atoms with van der Waals surface area (Å²) in [5.41, 5.74) is 6.04. The zero-order valence-corrected chi connectivity index (χ0v) is 13.2. The summed E-state index contributed by atoms with van der Waals surface area (Å²) in [5.74, 6) is 1.28. The zero-order valence-electron chi connectivity index (χ0n) is 13.2. The molecule has 1 amide bonds. The van der Waals surface area contributed by atoms with E-state index in [1.54, 1.807) is 18.5 Å². The third kappa shape index (κ3) is 6.08. The number of nitrogens with one attached hydrogen (secondary N) is 1. The van der Waals surface area contributed by atoms with Gasteiger partial charge in [-0.1, -0.05) is 31.0 Å². The molecule has 23 heavy (non-hydrogen) atoms. The minimum Gasteiger partial charge on any atom is -0.455 e. The molecule has 1 aromatic heterocycles. The number of benzene rings is 1. The zero-order chi connectivity index (χ0) is 16.3. The predicted octanol–water partition coefficient (Wildman–Crippen LogP) is 3.72. The van der Waals surface area contributed by atoms with Crippen LogP contribution in [0.3, 0.4) is 0 Å². The van der Waals surface area contributed by atoms with E-state index < -0.39 is 0 Å². The van der Waals surface area contributed by atoms with Crippen molar-refractivity contribution in [2.75, 3.05) is 11.9 Å². The summed E-state index contributed by atoms with van der Waals surface area (Å²) in [5, 5.41) is 2.87. The summed E-state index contributed by atoms with van der Waals surface area (Å²) < 4.78 is 5.80. The Kier molecular flexibility index (Phi) is 7.07. The summed E-state index contributed by atoms with van der Waals surface area (Å²) in [4.78, 5) is 16.1. The maximum Gasteiger partial charge on any atom is 0.224 e. The topological polar surface area (TPSA) is 77.2 Å². The predicted molar refractivity (Wildman–Crippen MR) is 91.5 cm³/mol. The molecule has 2 rings (SSSR count). The van der Waals surface area contributed by atoms with Crippen molar-refractivity contribution in [1.82, 2.24) is 4.98 Å². The molecule has 5 heteroatoms. The van der Waals surface area contributed by atoms with E-state index in [4.69, 9.17) is 10.5 Å². The number of carbonyl (C=O) groups is 1. The van der Waals surface area contributed by atoms with Gasteiger partial charge in [0, 0.05) is 18.7 Å². The lowest BCUT2D eigenvalue weighted by Crippen LogP contribution is -2.12. The Hall–Kier alpha value is -2.40. The Labute approximate surface area is 136 Å². The van der Waals surface area contributed by atoms with Crippen molar-refractivity contribution in [1.29, 1.82) is 0 Å². The van der Waals surface area contributed by atoms with Gasteiger partial charge >= 0.3 is 0 Å². The second kappa shape index (κ2) is 9.58. The second-order valence-electron chi connectivity index (χ2n) is 5.29. The van der Waals surface area contributed by atoms with E-state index in [1.165, 1.54) is 0 Å². The molecule has 0 unspecified atom stereocenters. The molecule has 122 valence electrons. The van der Waals surface area contributed by atoms with Gasteiger partial charge < -0.3 is 15.8 Å². The number of hydrogen-bond acceptors (Lipinski definition) is 4. The van der Waals surface area contributed by atoms with E-state index in [2.05, 4.69) is 10.3 Å². The quantitative estimate of drug-likeness (QED) is 0.692. The molecule has 5 nitrogen and oxygen atoms in total. The van der Waals surface area contributed by atoms with Crippen molar-refractivity contribution < 1.29 is 9.53 Å². The van der Waals surface area contributed by atoms with Gasteiger partial charge in [-0.25, -0.2) is 0 Å². The highest BCUT2D eigenvalue weighted by molar-refractivity contribution is 5.92. The normalized spacial score (nSPS) is 10.3. The van der Waals surface area contributed by atoms with E-state index in [1.807, 2.05) is 30.3 Å². The summed E-state index contributed by atoms with van der Waals surface area (Å²) in [6.07, 6.45) is 7.69. The number of unbranched alkanes of at least 4 members (excludes halogenated alkanes) is 3. The minimum absolute atomic E-state index is 0.0244. The molecule has 0 atom stereocenters. The number of ether oxygens (including phenoxy) is 1. The number of pyridine rings is 1. The standard InChI is InChI=1S/C18H23N3O2/c19-12-7-2-1-6-10-18(22)21-16-14-20-13-11-17(16)23-15-8-4-3-5-9-15/h3-5,8-9,11,13-14H,1-2,6-7,10,12,19H2,(H,21,22). The van der Waals surface area contributed by atoms with Gasteiger partial charge in [0.1, 0.15) is 11.4 Å². The lowest BCUT2D eigenvalue weighted by Gasteiger charge is -2.11. The fourth-order valence-electron chi connectivity index (χ4n) is 2.18. The van der Waals surface area contributed by atoms with Gasteiger partial charge in [-0.2, -0.15) is 0 Å². The van der Waals surface area contributed by atoms with E-state index in [0.717, 1.165) is 31.4 Å². The largest absolute Gasteiger partial charge is 0.455 e. The maximum absolute atomic E-state index is 12.0. The molecule has 0 saturated heterocycles. The average molecular weight is 313 g/mol. The second-order valence-corrected chi connectivity index (χ2v) is 5.29. The van der Waals surface area contributed by atoms with Crippen molar-refractivity contribution in [3.63, 3.8) is 0 Å². The molecule has 1 aromatic carbocycles. The fraction of sp³-hybridized carbons (Fsp3) is 0.333. The molecular formula is C18H23N3O2. The first-order valence-corrected chi connectivity index (χ1v) is 7.96. The van der Waals surface area contributed by atoms with Crippen molar-refractivity contribution in [3.8, 4) is 11.5 Å². The van der Waals surface area contributed by atoms with Crippen LogP contribution in [0.25, 0.3) is 0 Å². The first-order chi connectivity index (χ1) is 11.3. The van der Waals surface area contributed by atoms with E-state index in [0.29, 0.717) is 24.4 Å². The van der Waals surface area contributed by atoms with Gasteiger partial charge in [-0.05, 0) is 31.5 Å². The Balaban J connectivity index is 1.88. The molecule has 0 aliphatic heterocycles. The van der Waals surface area contributed by atoms with Crippen LogP contribution in [-0.2, 0) is 4.79 Å². The van der Waals surface area contributed by atoms with Crippen LogP contribution in [0.15, 0.2) is 48.8 Å². The fourth-order valence-corrected chi connectivity index (χ4v) is 2.18. The van der Waals surface area contributed by atoms with E-state index >= 15 is 0 Å². The van der Waals surface area contributed by atoms with E-state index in [-0.39, 0.29) is 5.91 Å². The Morgan fingerprint density at radius 1 is 1.09 bits per heavy atom. The number of anilines is 1. The summed E-state index contributed by atoms with van der Waals surface area (Å²) in [7, 11) is 0. The lowest BCUT2D eigenvalue weighted by molar-refractivity contribution is -0.116. The van der Waals surface area contributed by atoms with Crippen LogP contribution in [0, 0.1) is 0 Å². The lowest BCUT2D eigenvalue weighted by atomic mass is 10.1. The molecule has 0 radical (unpaired) electrons. The first-order valence-electron chi connectivity index (χ1n) is 7.96. The number of para-hydroxylation sites is 1.